The van der Waals surface area contributed by atoms with Gasteiger partial charge in [-0.2, -0.15) is 0 Å². The molecule has 1 aromatic heterocycles. The van der Waals surface area contributed by atoms with Crippen LogP contribution in [0.3, 0.4) is 0 Å². The summed E-state index contributed by atoms with van der Waals surface area (Å²) >= 11 is 1.14. The largest absolute Gasteiger partial charge is 0.493 e. The highest BCUT2D eigenvalue weighted by atomic mass is 32.2. The number of aryl methyl sites for hydroxylation is 1. The Kier molecular flexibility index (Phi) is 8.67. The summed E-state index contributed by atoms with van der Waals surface area (Å²) in [5.41, 5.74) is 4.55. The summed E-state index contributed by atoms with van der Waals surface area (Å²) in [7, 11) is 0. The Morgan fingerprint density at radius 2 is 1.74 bits per heavy atom. The number of carbonyl (C=O) groups excluding carboxylic acids is 2. The number of rotatable bonds is 11. The van der Waals surface area contributed by atoms with Crippen molar-refractivity contribution in [3.63, 3.8) is 0 Å². The molecule has 0 saturated carbocycles. The summed E-state index contributed by atoms with van der Waals surface area (Å²) in [5, 5.41) is 5.03. The quantitative estimate of drug-likeness (QED) is 0.178. The lowest BCUT2D eigenvalue weighted by atomic mass is 9.92. The molecule has 2 unspecified atom stereocenters. The summed E-state index contributed by atoms with van der Waals surface area (Å²) in [6, 6.07) is 21.6. The zero-order valence-electron chi connectivity index (χ0n) is 22.4. The number of fused-ring (bicyclic) bond motifs is 1. The number of nitrogens with zero attached hydrogens (tertiary/aromatic N) is 1. The third kappa shape index (κ3) is 6.04. The van der Waals surface area contributed by atoms with E-state index >= 15 is 0 Å². The fourth-order valence-electron chi connectivity index (χ4n) is 4.97. The summed E-state index contributed by atoms with van der Waals surface area (Å²) in [4.78, 5) is 24.8. The molecule has 6 nitrogen and oxygen atoms in total. The predicted octanol–water partition coefficient (Wildman–Crippen LogP) is 7.84. The van der Waals surface area contributed by atoms with Gasteiger partial charge in [-0.05, 0) is 42.7 Å². The molecule has 1 fully saturated rings. The second-order valence-electron chi connectivity index (χ2n) is 9.77. The number of ketones is 1. The molecule has 7 heteroatoms. The molecule has 5 rings (SSSR count). The molecule has 0 N–H and O–H groups in total. The maximum absolute atomic E-state index is 12.7. The van der Waals surface area contributed by atoms with Crippen LogP contribution in [0.2, 0.25) is 0 Å². The fraction of sp³-hybridized carbons (Fsp3) is 0.344. The zero-order chi connectivity index (χ0) is 27.2. The average Bonchev–Trinajstić information content (AvgIpc) is 3.40. The molecule has 39 heavy (non-hydrogen) atoms. The van der Waals surface area contributed by atoms with Crippen molar-refractivity contribution in [2.75, 3.05) is 13.2 Å². The molecule has 2 atom stereocenters. The van der Waals surface area contributed by atoms with Gasteiger partial charge in [0.25, 0.3) is 0 Å². The van der Waals surface area contributed by atoms with Crippen molar-refractivity contribution in [3.05, 3.63) is 77.9 Å². The van der Waals surface area contributed by atoms with Crippen molar-refractivity contribution in [2.45, 2.75) is 51.2 Å². The van der Waals surface area contributed by atoms with Crippen molar-refractivity contribution in [2.24, 2.45) is 5.92 Å². The van der Waals surface area contributed by atoms with E-state index in [0.29, 0.717) is 32.5 Å². The van der Waals surface area contributed by atoms with E-state index in [1.165, 1.54) is 0 Å². The number of hydrogen-bond acceptors (Lipinski definition) is 7. The molecular formula is C32H35NO5S. The van der Waals surface area contributed by atoms with E-state index in [1.807, 2.05) is 73.7 Å². The van der Waals surface area contributed by atoms with Crippen LogP contribution in [0.15, 0.2) is 71.3 Å². The maximum Gasteiger partial charge on any atom is 0.190 e. The van der Waals surface area contributed by atoms with Gasteiger partial charge in [0.15, 0.2) is 16.5 Å². The average molecular weight is 546 g/mol. The Morgan fingerprint density at radius 3 is 2.49 bits per heavy atom. The Bertz CT molecular complexity index is 1440. The van der Waals surface area contributed by atoms with Gasteiger partial charge < -0.3 is 14.0 Å². The van der Waals surface area contributed by atoms with Gasteiger partial charge >= 0.3 is 0 Å². The van der Waals surface area contributed by atoms with E-state index in [9.17, 15) is 9.59 Å². The Labute approximate surface area is 234 Å². The number of aromatic nitrogens is 1. The Balaban J connectivity index is 0.00000370. The second-order valence-corrected chi connectivity index (χ2v) is 10.9. The van der Waals surface area contributed by atoms with E-state index in [-0.39, 0.29) is 18.2 Å². The molecule has 1 saturated heterocycles. The summed E-state index contributed by atoms with van der Waals surface area (Å²) in [5.74, 6) is 1.52. The summed E-state index contributed by atoms with van der Waals surface area (Å²) in [6.07, 6.45) is 3.56. The molecule has 3 aromatic carbocycles. The van der Waals surface area contributed by atoms with Crippen LogP contribution in [0.4, 0.5) is 0 Å². The Hall–Kier alpha value is -3.58. The first kappa shape index (κ1) is 27.0. The number of benzene rings is 3. The first-order chi connectivity index (χ1) is 19.1. The van der Waals surface area contributed by atoms with Gasteiger partial charge in [0.05, 0.1) is 23.8 Å². The van der Waals surface area contributed by atoms with Crippen LogP contribution in [0, 0.1) is 5.92 Å². The van der Waals surface area contributed by atoms with Gasteiger partial charge in [-0.15, -0.1) is 0 Å². The fourth-order valence-corrected chi connectivity index (χ4v) is 6.13. The van der Waals surface area contributed by atoms with Crippen LogP contribution < -0.4 is 9.47 Å². The first-order valence-electron chi connectivity index (χ1n) is 13.6. The first-order valence-corrected chi connectivity index (χ1v) is 14.5. The molecule has 0 radical (unpaired) electrons. The minimum absolute atomic E-state index is 0. The molecule has 0 amide bonds. The van der Waals surface area contributed by atoms with Crippen LogP contribution >= 0.6 is 11.8 Å². The molecule has 0 spiro atoms. The SMILES string of the molecule is CCCc1c(OCCCOc2ccc(C3SC(=O)CC(CC)C3=O)cc2)ccc2c(-c3ccccc3)noc12.[HH]. The molecule has 0 aliphatic carbocycles. The predicted molar refractivity (Wildman–Crippen MR) is 156 cm³/mol. The van der Waals surface area contributed by atoms with Crippen LogP contribution in [0.25, 0.3) is 22.2 Å². The van der Waals surface area contributed by atoms with E-state index in [4.69, 9.17) is 14.0 Å². The van der Waals surface area contributed by atoms with E-state index in [1.54, 1.807) is 0 Å². The number of Topliss-reactive ketones (excluding diaryl/α,β-unsaturated/α-hetero) is 1. The molecule has 204 valence electrons. The highest BCUT2D eigenvalue weighted by Gasteiger charge is 2.36. The molecule has 1 aliphatic rings. The third-order valence-corrected chi connectivity index (χ3v) is 8.23. The highest BCUT2D eigenvalue weighted by molar-refractivity contribution is 8.14. The van der Waals surface area contributed by atoms with Gasteiger partial charge in [-0.1, -0.05) is 79.7 Å². The van der Waals surface area contributed by atoms with Gasteiger partial charge in [0, 0.05) is 31.3 Å². The van der Waals surface area contributed by atoms with Crippen molar-refractivity contribution in [1.82, 2.24) is 5.16 Å². The maximum atomic E-state index is 12.7. The Morgan fingerprint density at radius 1 is 0.974 bits per heavy atom. The summed E-state index contributed by atoms with van der Waals surface area (Å²) in [6.45, 7) is 5.11. The van der Waals surface area contributed by atoms with Crippen molar-refractivity contribution in [1.29, 1.82) is 0 Å². The minimum atomic E-state index is -0.415. The summed E-state index contributed by atoms with van der Waals surface area (Å²) < 4.78 is 17.9. The van der Waals surface area contributed by atoms with Gasteiger partial charge in [0.2, 0.25) is 0 Å². The highest BCUT2D eigenvalue weighted by Crippen LogP contribution is 2.41. The third-order valence-electron chi connectivity index (χ3n) is 7.06. The van der Waals surface area contributed by atoms with Gasteiger partial charge in [-0.3, -0.25) is 9.59 Å². The number of carbonyl (C=O) groups is 2. The molecule has 4 aromatic rings. The molecular weight excluding hydrogens is 510 g/mol. The smallest absolute Gasteiger partial charge is 0.190 e. The van der Waals surface area contributed by atoms with E-state index < -0.39 is 5.25 Å². The van der Waals surface area contributed by atoms with Crippen molar-refractivity contribution < 1.29 is 25.0 Å². The molecule has 1 aliphatic heterocycles. The lowest BCUT2D eigenvalue weighted by molar-refractivity contribution is -0.126. The normalized spacial score (nSPS) is 17.5. The van der Waals surface area contributed by atoms with Crippen LogP contribution in [-0.4, -0.2) is 29.3 Å². The van der Waals surface area contributed by atoms with Crippen LogP contribution in [0.5, 0.6) is 11.5 Å². The number of hydrogen-bond donors (Lipinski definition) is 0. The van der Waals surface area contributed by atoms with E-state index in [2.05, 4.69) is 12.1 Å². The van der Waals surface area contributed by atoms with Crippen LogP contribution in [0.1, 0.15) is 57.3 Å². The zero-order valence-corrected chi connectivity index (χ0v) is 23.2. The van der Waals surface area contributed by atoms with Crippen LogP contribution in [-0.2, 0) is 16.0 Å². The molecule has 2 heterocycles. The number of thioether (sulfide) groups is 1. The lowest BCUT2D eigenvalue weighted by Crippen LogP contribution is -2.27. The standard InChI is InChI=1S/C32H33NO5S.H2/c1-3-9-25-27(17-16-26-29(33-38-31(25)26)22-10-6-5-7-11-22)37-19-8-18-36-24-14-12-23(13-15-24)32-30(35)21(4-2)20-28(34)39-32;/h5-7,10-17,21,32H,3-4,8-9,18-20H2,1-2H3;1H. The van der Waals surface area contributed by atoms with E-state index in [0.717, 1.165) is 69.5 Å². The number of ether oxygens (including phenoxy) is 2. The minimum Gasteiger partial charge on any atom is -0.493 e. The molecule has 0 bridgehead atoms. The van der Waals surface area contributed by atoms with Gasteiger partial charge in [-0.25, -0.2) is 0 Å². The van der Waals surface area contributed by atoms with Crippen molar-refractivity contribution in [3.8, 4) is 22.8 Å². The lowest BCUT2D eigenvalue weighted by Gasteiger charge is -2.25. The van der Waals surface area contributed by atoms with Crippen molar-refractivity contribution >= 4 is 33.6 Å². The van der Waals surface area contributed by atoms with Gasteiger partial charge in [0.1, 0.15) is 17.2 Å². The monoisotopic (exact) mass is 545 g/mol. The topological polar surface area (TPSA) is 78.6 Å². The second kappa shape index (κ2) is 12.5.